The fraction of sp³-hybridized carbons (Fsp3) is 0.529. The highest BCUT2D eigenvalue weighted by Crippen LogP contribution is 2.28. The highest BCUT2D eigenvalue weighted by molar-refractivity contribution is 7.96. The smallest absolute Gasteiger partial charge is 0.257 e. The van der Waals surface area contributed by atoms with Gasteiger partial charge in [-0.1, -0.05) is 26.0 Å². The Labute approximate surface area is 151 Å². The topological polar surface area (TPSA) is 83.6 Å². The Balaban J connectivity index is 2.38. The van der Waals surface area contributed by atoms with Gasteiger partial charge in [-0.3, -0.25) is 4.72 Å². The molecule has 0 atom stereocenters. The van der Waals surface area contributed by atoms with Gasteiger partial charge in [-0.15, -0.1) is 0 Å². The van der Waals surface area contributed by atoms with E-state index in [2.05, 4.69) is 4.72 Å². The number of benzene rings is 1. The van der Waals surface area contributed by atoms with Crippen molar-refractivity contribution < 1.29 is 16.8 Å². The standard InChI is InChI=1S/C17H26N2O4S2/c1-4-19(5-2)25(22,23)16-12-11-14(3)17(13-16)18-24(20,21)15-9-7-6-8-10-15/h9,11-13,18H,4-8,10H2,1-3H3. The number of sulfonamides is 2. The molecule has 1 aliphatic rings. The summed E-state index contributed by atoms with van der Waals surface area (Å²) in [7, 11) is -7.29. The summed E-state index contributed by atoms with van der Waals surface area (Å²) in [4.78, 5) is 0.479. The zero-order valence-corrected chi connectivity index (χ0v) is 16.6. The van der Waals surface area contributed by atoms with Crippen molar-refractivity contribution in [3.8, 4) is 0 Å². The first-order valence-electron chi connectivity index (χ1n) is 8.55. The monoisotopic (exact) mass is 386 g/mol. The van der Waals surface area contributed by atoms with Crippen molar-refractivity contribution >= 4 is 25.7 Å². The summed E-state index contributed by atoms with van der Waals surface area (Å²) < 4.78 is 54.4. The molecule has 140 valence electrons. The van der Waals surface area contributed by atoms with Crippen molar-refractivity contribution in [2.24, 2.45) is 0 Å². The van der Waals surface area contributed by atoms with Gasteiger partial charge < -0.3 is 0 Å². The molecule has 1 aliphatic carbocycles. The van der Waals surface area contributed by atoms with Gasteiger partial charge in [-0.05, 0) is 50.3 Å². The van der Waals surface area contributed by atoms with Crippen molar-refractivity contribution in [3.63, 3.8) is 0 Å². The van der Waals surface area contributed by atoms with Crippen molar-refractivity contribution in [1.82, 2.24) is 4.31 Å². The van der Waals surface area contributed by atoms with Gasteiger partial charge in [-0.2, -0.15) is 4.31 Å². The number of aryl methyl sites for hydroxylation is 1. The fourth-order valence-corrected chi connectivity index (χ4v) is 5.72. The number of hydrogen-bond donors (Lipinski definition) is 1. The third-order valence-electron chi connectivity index (χ3n) is 4.39. The Morgan fingerprint density at radius 3 is 2.32 bits per heavy atom. The van der Waals surface area contributed by atoms with E-state index in [-0.39, 0.29) is 4.90 Å². The Hall–Kier alpha value is -1.38. The van der Waals surface area contributed by atoms with E-state index in [0.29, 0.717) is 35.7 Å². The van der Waals surface area contributed by atoms with Gasteiger partial charge in [0, 0.05) is 13.1 Å². The molecule has 2 rings (SSSR count). The van der Waals surface area contributed by atoms with Gasteiger partial charge in [0.05, 0.1) is 15.5 Å². The highest BCUT2D eigenvalue weighted by atomic mass is 32.2. The Morgan fingerprint density at radius 2 is 1.76 bits per heavy atom. The predicted molar refractivity (Wildman–Crippen MR) is 100 cm³/mol. The van der Waals surface area contributed by atoms with Gasteiger partial charge in [0.2, 0.25) is 10.0 Å². The van der Waals surface area contributed by atoms with Crippen molar-refractivity contribution in [2.45, 2.75) is 51.3 Å². The molecule has 0 radical (unpaired) electrons. The molecule has 6 nitrogen and oxygen atoms in total. The summed E-state index contributed by atoms with van der Waals surface area (Å²) in [5.41, 5.74) is 0.984. The van der Waals surface area contributed by atoms with Crippen LogP contribution in [0.2, 0.25) is 0 Å². The van der Waals surface area contributed by atoms with Gasteiger partial charge in [0.25, 0.3) is 10.0 Å². The minimum atomic E-state index is -3.65. The van der Waals surface area contributed by atoms with Gasteiger partial charge in [0.1, 0.15) is 0 Å². The molecular weight excluding hydrogens is 360 g/mol. The van der Waals surface area contributed by atoms with E-state index in [1.807, 2.05) is 0 Å². The highest BCUT2D eigenvalue weighted by Gasteiger charge is 2.24. The van der Waals surface area contributed by atoms with Gasteiger partial charge in [-0.25, -0.2) is 16.8 Å². The van der Waals surface area contributed by atoms with Crippen molar-refractivity contribution in [1.29, 1.82) is 0 Å². The molecule has 0 spiro atoms. The fourth-order valence-electron chi connectivity index (χ4n) is 2.85. The molecule has 0 amide bonds. The Bertz CT molecular complexity index is 855. The number of rotatable bonds is 7. The first kappa shape index (κ1) is 19.9. The van der Waals surface area contributed by atoms with Crippen LogP contribution in [0.4, 0.5) is 5.69 Å². The largest absolute Gasteiger partial charge is 0.280 e. The molecule has 0 bridgehead atoms. The lowest BCUT2D eigenvalue weighted by Gasteiger charge is -2.20. The summed E-state index contributed by atoms with van der Waals surface area (Å²) in [6, 6.07) is 4.55. The molecule has 0 fully saturated rings. The first-order valence-corrected chi connectivity index (χ1v) is 11.5. The van der Waals surface area contributed by atoms with Gasteiger partial charge >= 0.3 is 0 Å². The second-order valence-electron chi connectivity index (χ2n) is 6.09. The molecule has 0 saturated carbocycles. The van der Waals surface area contributed by atoms with Gasteiger partial charge in [0.15, 0.2) is 0 Å². The van der Waals surface area contributed by atoms with Crippen LogP contribution in [0.3, 0.4) is 0 Å². The first-order chi connectivity index (χ1) is 11.7. The summed E-state index contributed by atoms with van der Waals surface area (Å²) >= 11 is 0. The molecule has 1 aromatic carbocycles. The van der Waals surface area contributed by atoms with Crippen LogP contribution >= 0.6 is 0 Å². The average molecular weight is 387 g/mol. The van der Waals surface area contributed by atoms with E-state index in [4.69, 9.17) is 0 Å². The molecule has 25 heavy (non-hydrogen) atoms. The number of nitrogens with one attached hydrogen (secondary N) is 1. The molecule has 1 aromatic rings. The maximum absolute atomic E-state index is 12.7. The Morgan fingerprint density at radius 1 is 1.08 bits per heavy atom. The summed E-state index contributed by atoms with van der Waals surface area (Å²) in [5, 5.41) is 0. The number of anilines is 1. The maximum atomic E-state index is 12.7. The Kier molecular flexibility index (Phi) is 6.29. The van der Waals surface area contributed by atoms with Crippen LogP contribution in [0.5, 0.6) is 0 Å². The van der Waals surface area contributed by atoms with E-state index < -0.39 is 20.0 Å². The van der Waals surface area contributed by atoms with Crippen LogP contribution in [-0.2, 0) is 20.0 Å². The summed E-state index contributed by atoms with van der Waals surface area (Å²) in [6.07, 6.45) is 4.87. The number of allylic oxidation sites excluding steroid dienone is 2. The van der Waals surface area contributed by atoms with Crippen LogP contribution in [0.15, 0.2) is 34.1 Å². The summed E-state index contributed by atoms with van der Waals surface area (Å²) in [6.45, 7) is 6.02. The van der Waals surface area contributed by atoms with Crippen LogP contribution in [-0.4, -0.2) is 34.2 Å². The lowest BCUT2D eigenvalue weighted by Crippen LogP contribution is -2.30. The number of hydrogen-bond acceptors (Lipinski definition) is 4. The van der Waals surface area contributed by atoms with E-state index in [0.717, 1.165) is 19.3 Å². The molecule has 0 heterocycles. The van der Waals surface area contributed by atoms with E-state index in [9.17, 15) is 16.8 Å². The lowest BCUT2D eigenvalue weighted by molar-refractivity contribution is 0.445. The van der Waals surface area contributed by atoms with E-state index in [1.54, 1.807) is 32.9 Å². The third-order valence-corrected chi connectivity index (χ3v) is 7.99. The summed E-state index contributed by atoms with van der Waals surface area (Å²) in [5.74, 6) is 0. The van der Waals surface area contributed by atoms with Crippen LogP contribution < -0.4 is 4.72 Å². The molecule has 0 aliphatic heterocycles. The molecule has 0 saturated heterocycles. The van der Waals surface area contributed by atoms with E-state index >= 15 is 0 Å². The lowest BCUT2D eigenvalue weighted by atomic mass is 10.1. The van der Waals surface area contributed by atoms with Crippen LogP contribution in [0.1, 0.15) is 45.1 Å². The molecule has 8 heteroatoms. The predicted octanol–water partition coefficient (Wildman–Crippen LogP) is 3.23. The molecule has 0 unspecified atom stereocenters. The van der Waals surface area contributed by atoms with E-state index in [1.165, 1.54) is 16.4 Å². The normalized spacial score (nSPS) is 15.9. The van der Waals surface area contributed by atoms with Crippen LogP contribution in [0, 0.1) is 6.92 Å². The second-order valence-corrected chi connectivity index (χ2v) is 9.76. The van der Waals surface area contributed by atoms with Crippen LogP contribution in [0.25, 0.3) is 0 Å². The molecule has 1 N–H and O–H groups in total. The zero-order valence-electron chi connectivity index (χ0n) is 14.9. The SMILES string of the molecule is CCN(CC)S(=O)(=O)c1ccc(C)c(NS(=O)(=O)C2=CCCCC2)c1. The van der Waals surface area contributed by atoms with Crippen molar-refractivity contribution in [2.75, 3.05) is 17.8 Å². The second kappa shape index (κ2) is 7.88. The average Bonchev–Trinajstić information content (AvgIpc) is 2.58. The molecular formula is C17H26N2O4S2. The maximum Gasteiger partial charge on any atom is 0.257 e. The zero-order chi connectivity index (χ0) is 18.7. The molecule has 0 aromatic heterocycles. The van der Waals surface area contributed by atoms with Crippen molar-refractivity contribution in [3.05, 3.63) is 34.7 Å². The quantitative estimate of drug-likeness (QED) is 0.780. The third kappa shape index (κ3) is 4.43. The minimum Gasteiger partial charge on any atom is -0.280 e. The minimum absolute atomic E-state index is 0.0946. The number of nitrogens with zero attached hydrogens (tertiary/aromatic N) is 1.